The minimum Gasteiger partial charge on any atom is -0.310 e. The van der Waals surface area contributed by atoms with Crippen LogP contribution in [0.4, 0.5) is 34.1 Å². The van der Waals surface area contributed by atoms with Crippen LogP contribution < -0.4 is 9.80 Å². The monoisotopic (exact) mass is 584 g/mol. The SMILES string of the molecule is CC(=Cc1ccc(N(c2ccccc2)c2ccc(C)c(C)c2)cc1)c1ccc(N(c2ccccc2)c2ccc(C)c(C)c2)cc1. The second-order valence-electron chi connectivity index (χ2n) is 11.8. The molecule has 0 radical (unpaired) electrons. The molecule has 6 aromatic rings. The fourth-order valence-corrected chi connectivity index (χ4v) is 5.70. The summed E-state index contributed by atoms with van der Waals surface area (Å²) in [5.41, 5.74) is 15.7. The van der Waals surface area contributed by atoms with E-state index in [2.05, 4.69) is 196 Å². The Kier molecular flexibility index (Phi) is 8.66. The van der Waals surface area contributed by atoms with Crippen LogP contribution in [0.1, 0.15) is 40.3 Å². The third-order valence-corrected chi connectivity index (χ3v) is 8.64. The van der Waals surface area contributed by atoms with Gasteiger partial charge >= 0.3 is 0 Å². The lowest BCUT2D eigenvalue weighted by Crippen LogP contribution is -2.10. The molecule has 6 aromatic carbocycles. The van der Waals surface area contributed by atoms with Crippen LogP contribution in [0.5, 0.6) is 0 Å². The van der Waals surface area contributed by atoms with Gasteiger partial charge in [0.15, 0.2) is 0 Å². The molecule has 0 atom stereocenters. The van der Waals surface area contributed by atoms with Gasteiger partial charge in [0.25, 0.3) is 0 Å². The van der Waals surface area contributed by atoms with Crippen LogP contribution in [-0.2, 0) is 0 Å². The molecule has 0 heterocycles. The molecular weight excluding hydrogens is 544 g/mol. The third kappa shape index (κ3) is 6.61. The normalized spacial score (nSPS) is 11.4. The van der Waals surface area contributed by atoms with Crippen LogP contribution in [0.25, 0.3) is 11.6 Å². The quantitative estimate of drug-likeness (QED) is 0.164. The molecule has 0 spiro atoms. The molecule has 0 saturated heterocycles. The van der Waals surface area contributed by atoms with Gasteiger partial charge in [0.1, 0.15) is 0 Å². The van der Waals surface area contributed by atoms with Crippen molar-refractivity contribution in [3.8, 4) is 0 Å². The summed E-state index contributed by atoms with van der Waals surface area (Å²) >= 11 is 0. The first-order valence-corrected chi connectivity index (χ1v) is 15.6. The van der Waals surface area contributed by atoms with E-state index in [0.717, 1.165) is 34.1 Å². The van der Waals surface area contributed by atoms with Crippen LogP contribution >= 0.6 is 0 Å². The predicted molar refractivity (Wildman–Crippen MR) is 195 cm³/mol. The molecule has 6 rings (SSSR count). The maximum Gasteiger partial charge on any atom is 0.0464 e. The van der Waals surface area contributed by atoms with E-state index in [-0.39, 0.29) is 0 Å². The topological polar surface area (TPSA) is 6.48 Å². The first-order valence-electron chi connectivity index (χ1n) is 15.6. The van der Waals surface area contributed by atoms with E-state index in [1.807, 2.05) is 0 Å². The van der Waals surface area contributed by atoms with E-state index in [0.29, 0.717) is 0 Å². The Labute approximate surface area is 268 Å². The van der Waals surface area contributed by atoms with Crippen molar-refractivity contribution in [2.75, 3.05) is 9.80 Å². The van der Waals surface area contributed by atoms with Crippen molar-refractivity contribution in [3.05, 3.63) is 179 Å². The molecule has 222 valence electrons. The highest BCUT2D eigenvalue weighted by Crippen LogP contribution is 2.37. The number of anilines is 6. The van der Waals surface area contributed by atoms with Crippen LogP contribution in [0.2, 0.25) is 0 Å². The van der Waals surface area contributed by atoms with Crippen molar-refractivity contribution in [2.24, 2.45) is 0 Å². The molecule has 2 heteroatoms. The first-order chi connectivity index (χ1) is 21.9. The Bertz CT molecular complexity index is 1920. The largest absolute Gasteiger partial charge is 0.310 e. The van der Waals surface area contributed by atoms with Crippen molar-refractivity contribution >= 4 is 45.8 Å². The Morgan fingerprint density at radius 2 is 0.778 bits per heavy atom. The van der Waals surface area contributed by atoms with Gasteiger partial charge in [0, 0.05) is 34.1 Å². The summed E-state index contributed by atoms with van der Waals surface area (Å²) < 4.78 is 0. The Morgan fingerprint density at radius 3 is 1.20 bits per heavy atom. The van der Waals surface area contributed by atoms with E-state index in [4.69, 9.17) is 0 Å². The van der Waals surface area contributed by atoms with Crippen LogP contribution in [0.3, 0.4) is 0 Å². The van der Waals surface area contributed by atoms with Crippen LogP contribution in [-0.4, -0.2) is 0 Å². The second-order valence-corrected chi connectivity index (χ2v) is 11.8. The van der Waals surface area contributed by atoms with E-state index >= 15 is 0 Å². The lowest BCUT2D eigenvalue weighted by Gasteiger charge is -2.26. The Balaban J connectivity index is 1.27. The summed E-state index contributed by atoms with van der Waals surface area (Å²) in [4.78, 5) is 4.64. The molecule has 0 amide bonds. The molecule has 0 aliphatic heterocycles. The standard InChI is InChI=1S/C43H40N2/c1-31-16-22-42(29-33(31)3)44(38-12-8-6-9-13-38)40-24-18-36(19-25-40)28-35(5)37-20-26-41(27-21-37)45(39-14-10-7-11-15-39)43-23-17-32(2)34(4)30-43/h6-30H,1-5H3. The number of benzene rings is 6. The molecular formula is C43H40N2. The van der Waals surface area contributed by atoms with Gasteiger partial charge in [0.05, 0.1) is 0 Å². The Hall–Kier alpha value is -5.34. The Morgan fingerprint density at radius 1 is 0.400 bits per heavy atom. The second kappa shape index (κ2) is 13.1. The van der Waals surface area contributed by atoms with Crippen LogP contribution in [0.15, 0.2) is 146 Å². The predicted octanol–water partition coefficient (Wildman–Crippen LogP) is 12.4. The average Bonchev–Trinajstić information content (AvgIpc) is 3.07. The van der Waals surface area contributed by atoms with E-state index in [1.165, 1.54) is 39.0 Å². The summed E-state index contributed by atoms with van der Waals surface area (Å²) in [5.74, 6) is 0. The summed E-state index contributed by atoms with van der Waals surface area (Å²) in [6, 6.07) is 52.2. The highest BCUT2D eigenvalue weighted by atomic mass is 15.1. The zero-order chi connectivity index (χ0) is 31.3. The van der Waals surface area contributed by atoms with Crippen molar-refractivity contribution in [3.63, 3.8) is 0 Å². The van der Waals surface area contributed by atoms with Gasteiger partial charge in [-0.2, -0.15) is 0 Å². The van der Waals surface area contributed by atoms with Gasteiger partial charge in [-0.05, 0) is 146 Å². The van der Waals surface area contributed by atoms with Gasteiger partial charge in [-0.25, -0.2) is 0 Å². The highest BCUT2D eigenvalue weighted by Gasteiger charge is 2.14. The summed E-state index contributed by atoms with van der Waals surface area (Å²) in [7, 11) is 0. The lowest BCUT2D eigenvalue weighted by molar-refractivity contribution is 1.25. The maximum atomic E-state index is 2.32. The summed E-state index contributed by atoms with van der Waals surface area (Å²) in [6.45, 7) is 10.9. The molecule has 0 aliphatic carbocycles. The third-order valence-electron chi connectivity index (χ3n) is 8.64. The van der Waals surface area contributed by atoms with E-state index in [1.54, 1.807) is 0 Å². The van der Waals surface area contributed by atoms with Crippen LogP contribution in [0, 0.1) is 27.7 Å². The molecule has 0 N–H and O–H groups in total. The smallest absolute Gasteiger partial charge is 0.0464 e. The van der Waals surface area contributed by atoms with Gasteiger partial charge in [-0.3, -0.25) is 0 Å². The maximum absolute atomic E-state index is 2.32. The number of nitrogens with zero attached hydrogens (tertiary/aromatic N) is 2. The van der Waals surface area contributed by atoms with Crippen molar-refractivity contribution in [1.82, 2.24) is 0 Å². The molecule has 0 aliphatic rings. The minimum absolute atomic E-state index is 1.14. The highest BCUT2D eigenvalue weighted by molar-refractivity contribution is 5.84. The van der Waals surface area contributed by atoms with Crippen molar-refractivity contribution in [1.29, 1.82) is 0 Å². The lowest BCUT2D eigenvalue weighted by atomic mass is 10.0. The number of rotatable bonds is 8. The molecule has 0 fully saturated rings. The number of allylic oxidation sites excluding steroid dienone is 1. The number of aryl methyl sites for hydroxylation is 4. The van der Waals surface area contributed by atoms with Gasteiger partial charge in [-0.1, -0.05) is 78.9 Å². The molecule has 0 aromatic heterocycles. The first kappa shape index (κ1) is 29.7. The fraction of sp³-hybridized carbons (Fsp3) is 0.116. The zero-order valence-electron chi connectivity index (χ0n) is 26.8. The average molecular weight is 585 g/mol. The molecule has 0 saturated carbocycles. The summed E-state index contributed by atoms with van der Waals surface area (Å²) in [6.07, 6.45) is 2.26. The van der Waals surface area contributed by atoms with E-state index < -0.39 is 0 Å². The fourth-order valence-electron chi connectivity index (χ4n) is 5.70. The summed E-state index contributed by atoms with van der Waals surface area (Å²) in [5, 5.41) is 0. The molecule has 0 unspecified atom stereocenters. The van der Waals surface area contributed by atoms with E-state index in [9.17, 15) is 0 Å². The van der Waals surface area contributed by atoms with Crippen molar-refractivity contribution < 1.29 is 0 Å². The van der Waals surface area contributed by atoms with Gasteiger partial charge < -0.3 is 9.80 Å². The molecule has 2 nitrogen and oxygen atoms in total. The minimum atomic E-state index is 1.14. The number of para-hydroxylation sites is 2. The number of hydrogen-bond donors (Lipinski definition) is 0. The molecule has 0 bridgehead atoms. The molecule has 45 heavy (non-hydrogen) atoms. The van der Waals surface area contributed by atoms with Gasteiger partial charge in [-0.15, -0.1) is 0 Å². The number of hydrogen-bond acceptors (Lipinski definition) is 2. The van der Waals surface area contributed by atoms with Gasteiger partial charge in [0.2, 0.25) is 0 Å². The zero-order valence-corrected chi connectivity index (χ0v) is 26.8. The van der Waals surface area contributed by atoms with Crippen molar-refractivity contribution in [2.45, 2.75) is 34.6 Å².